The van der Waals surface area contributed by atoms with E-state index in [0.29, 0.717) is 29.0 Å². The van der Waals surface area contributed by atoms with Gasteiger partial charge in [0.1, 0.15) is 12.0 Å². The zero-order valence-electron chi connectivity index (χ0n) is 21.3. The first-order valence-electron chi connectivity index (χ1n) is 12.2. The molecule has 2 N–H and O–H groups in total. The average molecular weight is 500 g/mol. The normalized spacial score (nSPS) is 24.2. The zero-order chi connectivity index (χ0) is 26.1. The molecule has 4 rings (SSSR count). The topological polar surface area (TPSA) is 120 Å². The van der Waals surface area contributed by atoms with Gasteiger partial charge >= 0.3 is 11.9 Å². The van der Waals surface area contributed by atoms with Crippen LogP contribution in [0.25, 0.3) is 0 Å². The smallest absolute Gasteiger partial charge is 0.337 e. The number of phenolic OH excluding ortho intramolecular Hbond substituents is 1. The molecule has 9 heteroatoms. The fourth-order valence-corrected chi connectivity index (χ4v) is 5.59. The number of phenols is 1. The molecule has 3 atom stereocenters. The summed E-state index contributed by atoms with van der Waals surface area (Å²) in [5, 5.41) is 13.7. The van der Waals surface area contributed by atoms with Gasteiger partial charge in [-0.3, -0.25) is 9.59 Å². The molecular weight excluding hydrogens is 466 g/mol. The largest absolute Gasteiger partial charge is 0.502 e. The summed E-state index contributed by atoms with van der Waals surface area (Å²) in [6.45, 7) is 3.61. The SMILES string of the molecule is COC(=O)[C@@H]1C(=O)C2=C(C[C@@H]1C)NC(C)=C(C(=O)OC1CCCC1)[C@@H]2c1cc(OC)c(O)c(OC)c1. The van der Waals surface area contributed by atoms with Crippen LogP contribution in [0.1, 0.15) is 57.4 Å². The highest BCUT2D eigenvalue weighted by Gasteiger charge is 2.47. The Labute approximate surface area is 210 Å². The maximum absolute atomic E-state index is 13.9. The van der Waals surface area contributed by atoms with Crippen molar-refractivity contribution in [1.29, 1.82) is 0 Å². The number of carbonyl (C=O) groups excluding carboxylic acids is 3. The Bertz CT molecular complexity index is 1120. The van der Waals surface area contributed by atoms with E-state index in [1.807, 2.05) is 6.92 Å². The number of rotatable bonds is 6. The van der Waals surface area contributed by atoms with Gasteiger partial charge in [0.05, 0.1) is 26.9 Å². The Morgan fingerprint density at radius 3 is 2.22 bits per heavy atom. The Balaban J connectivity index is 1.89. The highest BCUT2D eigenvalue weighted by molar-refractivity contribution is 6.12. The molecule has 1 fully saturated rings. The van der Waals surface area contributed by atoms with Gasteiger partial charge in [0, 0.05) is 22.9 Å². The molecule has 36 heavy (non-hydrogen) atoms. The molecule has 194 valence electrons. The molecule has 0 amide bonds. The second-order valence-electron chi connectivity index (χ2n) is 9.62. The van der Waals surface area contributed by atoms with Crippen molar-refractivity contribution in [2.45, 2.75) is 58.0 Å². The second kappa shape index (κ2) is 10.2. The highest BCUT2D eigenvalue weighted by Crippen LogP contribution is 2.49. The molecule has 0 radical (unpaired) electrons. The lowest BCUT2D eigenvalue weighted by molar-refractivity contribution is -0.151. The van der Waals surface area contributed by atoms with E-state index in [-0.39, 0.29) is 34.8 Å². The third kappa shape index (κ3) is 4.42. The number of carbonyl (C=O) groups is 3. The molecule has 1 aromatic carbocycles. The fourth-order valence-electron chi connectivity index (χ4n) is 5.59. The van der Waals surface area contributed by atoms with Crippen molar-refractivity contribution < 1.29 is 38.4 Å². The molecule has 1 aliphatic heterocycles. The minimum absolute atomic E-state index is 0.132. The third-order valence-corrected chi connectivity index (χ3v) is 7.37. The van der Waals surface area contributed by atoms with Crippen molar-refractivity contribution in [1.82, 2.24) is 5.32 Å². The van der Waals surface area contributed by atoms with Gasteiger partial charge in [0.25, 0.3) is 0 Å². The van der Waals surface area contributed by atoms with E-state index in [1.54, 1.807) is 19.1 Å². The summed E-state index contributed by atoms with van der Waals surface area (Å²) in [6, 6.07) is 3.15. The van der Waals surface area contributed by atoms with E-state index in [2.05, 4.69) is 5.32 Å². The number of nitrogens with one attached hydrogen (secondary N) is 1. The summed E-state index contributed by atoms with van der Waals surface area (Å²) in [7, 11) is 4.07. The molecular formula is C27H33NO8. The van der Waals surface area contributed by atoms with Crippen molar-refractivity contribution in [3.8, 4) is 17.2 Å². The number of dihydropyridines is 1. The van der Waals surface area contributed by atoms with Crippen molar-refractivity contribution in [2.24, 2.45) is 11.8 Å². The molecule has 1 heterocycles. The summed E-state index contributed by atoms with van der Waals surface area (Å²) in [5.74, 6) is -3.61. The number of hydrogen-bond acceptors (Lipinski definition) is 9. The lowest BCUT2D eigenvalue weighted by atomic mass is 9.69. The van der Waals surface area contributed by atoms with Gasteiger partial charge in [-0.25, -0.2) is 4.79 Å². The summed E-state index contributed by atoms with van der Waals surface area (Å²) < 4.78 is 21.5. The monoisotopic (exact) mass is 499 g/mol. The first-order valence-corrected chi connectivity index (χ1v) is 12.2. The first kappa shape index (κ1) is 25.6. The second-order valence-corrected chi connectivity index (χ2v) is 9.62. The number of allylic oxidation sites excluding steroid dienone is 3. The van der Waals surface area contributed by atoms with E-state index in [0.717, 1.165) is 25.7 Å². The molecule has 3 aliphatic rings. The number of benzene rings is 1. The number of Topliss-reactive ketones (excluding diaryl/α,β-unsaturated/α-hetero) is 1. The number of methoxy groups -OCH3 is 3. The number of ketones is 1. The van der Waals surface area contributed by atoms with E-state index in [1.165, 1.54) is 21.3 Å². The molecule has 0 unspecified atom stereocenters. The van der Waals surface area contributed by atoms with Gasteiger partial charge < -0.3 is 29.4 Å². The van der Waals surface area contributed by atoms with Crippen molar-refractivity contribution in [2.75, 3.05) is 21.3 Å². The zero-order valence-corrected chi connectivity index (χ0v) is 21.3. The number of hydrogen-bond donors (Lipinski definition) is 2. The minimum Gasteiger partial charge on any atom is -0.502 e. The summed E-state index contributed by atoms with van der Waals surface area (Å²) in [6.07, 6.45) is 3.83. The van der Waals surface area contributed by atoms with Crippen LogP contribution in [0.3, 0.4) is 0 Å². The highest BCUT2D eigenvalue weighted by atomic mass is 16.5. The molecule has 0 aromatic heterocycles. The first-order chi connectivity index (χ1) is 17.2. The molecule has 1 saturated carbocycles. The van der Waals surface area contributed by atoms with Crippen molar-refractivity contribution in [3.05, 3.63) is 40.2 Å². The number of esters is 2. The molecule has 9 nitrogen and oxygen atoms in total. The predicted molar refractivity (Wildman–Crippen MR) is 129 cm³/mol. The molecule has 1 aromatic rings. The van der Waals surface area contributed by atoms with Crippen LogP contribution in [0.15, 0.2) is 34.7 Å². The Morgan fingerprint density at radius 1 is 1.06 bits per heavy atom. The van der Waals surface area contributed by atoms with Crippen LogP contribution >= 0.6 is 0 Å². The standard InChI is InChI=1S/C27H33NO8/c1-13-10-17-23(25(30)20(13)26(31)35-5)22(15-11-18(33-3)24(29)19(12-15)34-4)21(14(2)28-17)27(32)36-16-8-6-7-9-16/h11-13,16,20,22,28-29H,6-10H2,1-5H3/t13-,20-,22-/m0/s1. The summed E-state index contributed by atoms with van der Waals surface area (Å²) in [5.41, 5.74) is 2.31. The Hall–Kier alpha value is -3.49. The van der Waals surface area contributed by atoms with Crippen LogP contribution in [0.4, 0.5) is 0 Å². The van der Waals surface area contributed by atoms with Crippen LogP contribution in [0.5, 0.6) is 17.2 Å². The van der Waals surface area contributed by atoms with Crippen LogP contribution in [-0.4, -0.2) is 50.3 Å². The lowest BCUT2D eigenvalue weighted by Gasteiger charge is -2.38. The van der Waals surface area contributed by atoms with Gasteiger partial charge in [-0.2, -0.15) is 0 Å². The molecule has 2 aliphatic carbocycles. The van der Waals surface area contributed by atoms with Gasteiger partial charge in [0.15, 0.2) is 17.3 Å². The molecule has 0 saturated heterocycles. The Kier molecular flexibility index (Phi) is 7.28. The predicted octanol–water partition coefficient (Wildman–Crippen LogP) is 3.51. The average Bonchev–Trinajstić information content (AvgIpc) is 3.36. The number of aromatic hydroxyl groups is 1. The van der Waals surface area contributed by atoms with Gasteiger partial charge in [-0.1, -0.05) is 6.92 Å². The van der Waals surface area contributed by atoms with Gasteiger partial charge in [-0.05, 0) is 62.6 Å². The van der Waals surface area contributed by atoms with Crippen LogP contribution < -0.4 is 14.8 Å². The summed E-state index contributed by atoms with van der Waals surface area (Å²) >= 11 is 0. The van der Waals surface area contributed by atoms with E-state index < -0.39 is 29.6 Å². The van der Waals surface area contributed by atoms with E-state index >= 15 is 0 Å². The lowest BCUT2D eigenvalue weighted by Crippen LogP contribution is -2.43. The third-order valence-electron chi connectivity index (χ3n) is 7.37. The Morgan fingerprint density at radius 2 is 1.67 bits per heavy atom. The van der Waals surface area contributed by atoms with E-state index in [9.17, 15) is 19.5 Å². The van der Waals surface area contributed by atoms with Gasteiger partial charge in [0.2, 0.25) is 5.75 Å². The van der Waals surface area contributed by atoms with E-state index in [4.69, 9.17) is 18.9 Å². The fraction of sp³-hybridized carbons (Fsp3) is 0.519. The minimum atomic E-state index is -0.996. The van der Waals surface area contributed by atoms with Crippen molar-refractivity contribution in [3.63, 3.8) is 0 Å². The number of ether oxygens (including phenoxy) is 4. The van der Waals surface area contributed by atoms with Crippen molar-refractivity contribution >= 4 is 17.7 Å². The van der Waals surface area contributed by atoms with Crippen LogP contribution in [0.2, 0.25) is 0 Å². The van der Waals surface area contributed by atoms with Gasteiger partial charge in [-0.15, -0.1) is 0 Å². The quantitative estimate of drug-likeness (QED) is 0.447. The van der Waals surface area contributed by atoms with Crippen LogP contribution in [-0.2, 0) is 23.9 Å². The molecule has 0 spiro atoms. The summed E-state index contributed by atoms with van der Waals surface area (Å²) in [4.78, 5) is 40.0. The van der Waals surface area contributed by atoms with Crippen LogP contribution in [0, 0.1) is 11.8 Å². The maximum Gasteiger partial charge on any atom is 0.337 e. The maximum atomic E-state index is 13.9. The molecule has 0 bridgehead atoms.